The molecule has 0 radical (unpaired) electrons. The Labute approximate surface area is 153 Å². The zero-order valence-electron chi connectivity index (χ0n) is 15.1. The van der Waals surface area contributed by atoms with Gasteiger partial charge in [0.25, 0.3) is 0 Å². The fourth-order valence-corrected chi connectivity index (χ4v) is 2.35. The van der Waals surface area contributed by atoms with Crippen molar-refractivity contribution in [3.05, 3.63) is 59.7 Å². The predicted molar refractivity (Wildman–Crippen MR) is 100 cm³/mol. The molecular formula is C20H24N2O4. The van der Waals surface area contributed by atoms with Crippen LogP contribution in [0.25, 0.3) is 0 Å². The smallest absolute Gasteiger partial charge is 0.407 e. The molecule has 0 heterocycles. The van der Waals surface area contributed by atoms with Gasteiger partial charge in [-0.25, -0.2) is 4.79 Å². The van der Waals surface area contributed by atoms with Crippen molar-refractivity contribution in [1.29, 1.82) is 0 Å². The number of carbonyl (C=O) groups excluding carboxylic acids is 2. The van der Waals surface area contributed by atoms with E-state index in [-0.39, 0.29) is 18.9 Å². The van der Waals surface area contributed by atoms with Crippen LogP contribution in [0.15, 0.2) is 48.5 Å². The largest absolute Gasteiger partial charge is 0.495 e. The first kappa shape index (κ1) is 19.3. The van der Waals surface area contributed by atoms with Crippen LogP contribution in [-0.2, 0) is 16.1 Å². The Morgan fingerprint density at radius 3 is 2.58 bits per heavy atom. The topological polar surface area (TPSA) is 76.7 Å². The molecule has 0 aliphatic heterocycles. The third-order valence-electron chi connectivity index (χ3n) is 3.69. The quantitative estimate of drug-likeness (QED) is 0.708. The van der Waals surface area contributed by atoms with Crippen molar-refractivity contribution in [3.8, 4) is 5.75 Å². The minimum atomic E-state index is -0.491. The average Bonchev–Trinajstić information content (AvgIpc) is 2.64. The second-order valence-corrected chi connectivity index (χ2v) is 5.84. The molecule has 0 unspecified atom stereocenters. The third kappa shape index (κ3) is 6.47. The molecule has 6 nitrogen and oxygen atoms in total. The summed E-state index contributed by atoms with van der Waals surface area (Å²) in [6.07, 6.45) is 0.311. The molecule has 26 heavy (non-hydrogen) atoms. The maximum Gasteiger partial charge on any atom is 0.407 e. The van der Waals surface area contributed by atoms with Gasteiger partial charge in [-0.3, -0.25) is 4.79 Å². The lowest BCUT2D eigenvalue weighted by Crippen LogP contribution is -2.26. The van der Waals surface area contributed by atoms with Crippen LogP contribution in [-0.4, -0.2) is 25.7 Å². The number of methoxy groups -OCH3 is 1. The molecule has 0 fully saturated rings. The molecule has 2 rings (SSSR count). The Balaban J connectivity index is 1.65. The second-order valence-electron chi connectivity index (χ2n) is 5.84. The Hall–Kier alpha value is -3.02. The monoisotopic (exact) mass is 356 g/mol. The van der Waals surface area contributed by atoms with Crippen LogP contribution in [0.3, 0.4) is 0 Å². The zero-order chi connectivity index (χ0) is 18.8. The lowest BCUT2D eigenvalue weighted by atomic mass is 10.2. The highest BCUT2D eigenvalue weighted by Crippen LogP contribution is 2.25. The van der Waals surface area contributed by atoms with Crippen LogP contribution in [0.4, 0.5) is 10.5 Å². The molecule has 6 heteroatoms. The number of amides is 2. The van der Waals surface area contributed by atoms with E-state index >= 15 is 0 Å². The first-order valence-corrected chi connectivity index (χ1v) is 8.47. The van der Waals surface area contributed by atoms with Gasteiger partial charge in [-0.15, -0.1) is 0 Å². The van der Waals surface area contributed by atoms with Gasteiger partial charge in [0.2, 0.25) is 5.91 Å². The average molecular weight is 356 g/mol. The van der Waals surface area contributed by atoms with Crippen LogP contribution < -0.4 is 15.4 Å². The lowest BCUT2D eigenvalue weighted by molar-refractivity contribution is -0.116. The Kier molecular flexibility index (Phi) is 7.49. The molecule has 2 aromatic rings. The summed E-state index contributed by atoms with van der Waals surface area (Å²) in [5, 5.41) is 5.47. The fourth-order valence-electron chi connectivity index (χ4n) is 2.35. The molecule has 0 saturated carbocycles. The van der Waals surface area contributed by atoms with Crippen LogP contribution in [0.5, 0.6) is 5.75 Å². The van der Waals surface area contributed by atoms with Gasteiger partial charge < -0.3 is 20.1 Å². The summed E-state index contributed by atoms with van der Waals surface area (Å²) in [4.78, 5) is 23.7. The molecule has 2 N–H and O–H groups in total. The fraction of sp³-hybridized carbons (Fsp3) is 0.300. The molecule has 2 aromatic carbocycles. The standard InChI is InChI=1S/C20H24N2O4/c1-15-10-11-18(25-2)17(13-15)22-19(23)9-6-12-21-20(24)26-14-16-7-4-3-5-8-16/h3-5,7-8,10-11,13H,6,9,12,14H2,1-2H3,(H,21,24)(H,22,23). The number of hydrogen-bond acceptors (Lipinski definition) is 4. The highest BCUT2D eigenvalue weighted by Gasteiger charge is 2.08. The lowest BCUT2D eigenvalue weighted by Gasteiger charge is -2.11. The van der Waals surface area contributed by atoms with E-state index in [1.165, 1.54) is 0 Å². The third-order valence-corrected chi connectivity index (χ3v) is 3.69. The number of benzene rings is 2. The van der Waals surface area contributed by atoms with E-state index in [2.05, 4.69) is 10.6 Å². The number of anilines is 1. The highest BCUT2D eigenvalue weighted by atomic mass is 16.5. The first-order valence-electron chi connectivity index (χ1n) is 8.47. The van der Waals surface area contributed by atoms with Crippen molar-refractivity contribution in [1.82, 2.24) is 5.32 Å². The van der Waals surface area contributed by atoms with Gasteiger partial charge in [0, 0.05) is 13.0 Å². The number of alkyl carbamates (subject to hydrolysis) is 1. The van der Waals surface area contributed by atoms with Crippen molar-refractivity contribution in [2.75, 3.05) is 19.0 Å². The van der Waals surface area contributed by atoms with Crippen LogP contribution >= 0.6 is 0 Å². The van der Waals surface area contributed by atoms with Gasteiger partial charge in [0.15, 0.2) is 0 Å². The van der Waals surface area contributed by atoms with Crippen LogP contribution in [0.2, 0.25) is 0 Å². The summed E-state index contributed by atoms with van der Waals surface area (Å²) in [6, 6.07) is 15.0. The molecule has 0 aliphatic carbocycles. The summed E-state index contributed by atoms with van der Waals surface area (Å²) < 4.78 is 10.3. The predicted octanol–water partition coefficient (Wildman–Crippen LogP) is 3.65. The van der Waals surface area contributed by atoms with Crippen LogP contribution in [0, 0.1) is 6.92 Å². The first-order chi connectivity index (χ1) is 12.6. The van der Waals surface area contributed by atoms with E-state index in [0.29, 0.717) is 24.4 Å². The minimum absolute atomic E-state index is 0.131. The van der Waals surface area contributed by atoms with Crippen molar-refractivity contribution in [3.63, 3.8) is 0 Å². The van der Waals surface area contributed by atoms with Gasteiger partial charge in [-0.1, -0.05) is 36.4 Å². The molecule has 138 valence electrons. The highest BCUT2D eigenvalue weighted by molar-refractivity contribution is 5.92. The Morgan fingerprint density at radius 2 is 1.85 bits per heavy atom. The maximum atomic E-state index is 12.0. The number of carbonyl (C=O) groups is 2. The number of ether oxygens (including phenoxy) is 2. The summed E-state index contributed by atoms with van der Waals surface area (Å²) >= 11 is 0. The molecule has 0 aromatic heterocycles. The Morgan fingerprint density at radius 1 is 1.08 bits per heavy atom. The number of nitrogens with one attached hydrogen (secondary N) is 2. The van der Waals surface area contributed by atoms with Crippen LogP contribution in [0.1, 0.15) is 24.0 Å². The summed E-state index contributed by atoms with van der Waals surface area (Å²) in [6.45, 7) is 2.53. The van der Waals surface area contributed by atoms with E-state index in [1.54, 1.807) is 7.11 Å². The number of rotatable bonds is 8. The Bertz CT molecular complexity index is 732. The van der Waals surface area contributed by atoms with E-state index in [0.717, 1.165) is 11.1 Å². The minimum Gasteiger partial charge on any atom is -0.495 e. The van der Waals surface area contributed by atoms with E-state index in [9.17, 15) is 9.59 Å². The normalized spacial score (nSPS) is 10.1. The van der Waals surface area contributed by atoms with Crippen molar-refractivity contribution in [2.45, 2.75) is 26.4 Å². The van der Waals surface area contributed by atoms with E-state index in [4.69, 9.17) is 9.47 Å². The molecular weight excluding hydrogens is 332 g/mol. The maximum absolute atomic E-state index is 12.0. The van der Waals surface area contributed by atoms with Gasteiger partial charge >= 0.3 is 6.09 Å². The molecule has 0 bridgehead atoms. The van der Waals surface area contributed by atoms with Crippen molar-refractivity contribution in [2.24, 2.45) is 0 Å². The summed E-state index contributed by atoms with van der Waals surface area (Å²) in [5.41, 5.74) is 2.60. The zero-order valence-corrected chi connectivity index (χ0v) is 15.1. The molecule has 0 saturated heterocycles. The van der Waals surface area contributed by atoms with Crippen molar-refractivity contribution < 1.29 is 19.1 Å². The number of aryl methyl sites for hydroxylation is 1. The summed E-state index contributed by atoms with van der Waals surface area (Å²) in [5.74, 6) is 0.486. The van der Waals surface area contributed by atoms with E-state index < -0.39 is 6.09 Å². The summed E-state index contributed by atoms with van der Waals surface area (Å²) in [7, 11) is 1.56. The van der Waals surface area contributed by atoms with Gasteiger partial charge in [0.05, 0.1) is 12.8 Å². The van der Waals surface area contributed by atoms with Gasteiger partial charge in [0.1, 0.15) is 12.4 Å². The molecule has 0 spiro atoms. The van der Waals surface area contributed by atoms with Crippen molar-refractivity contribution >= 4 is 17.7 Å². The van der Waals surface area contributed by atoms with Gasteiger partial charge in [-0.2, -0.15) is 0 Å². The molecule has 0 aliphatic rings. The molecule has 0 atom stereocenters. The number of hydrogen-bond donors (Lipinski definition) is 2. The second kappa shape index (κ2) is 10.1. The van der Waals surface area contributed by atoms with E-state index in [1.807, 2.05) is 55.5 Å². The molecule has 2 amide bonds. The SMILES string of the molecule is COc1ccc(C)cc1NC(=O)CCCNC(=O)OCc1ccccc1. The van der Waals surface area contributed by atoms with Gasteiger partial charge in [-0.05, 0) is 36.6 Å².